The number of hydrogen-bond donors (Lipinski definition) is 1. The van der Waals surface area contributed by atoms with Gasteiger partial charge >= 0.3 is 0 Å². The molecule has 0 heterocycles. The molecular formula is C9H12FNO2S. The Kier molecular flexibility index (Phi) is 2.92. The quantitative estimate of drug-likeness (QED) is 0.834. The molecule has 1 aromatic rings. The van der Waals surface area contributed by atoms with E-state index < -0.39 is 15.0 Å². The second-order valence-electron chi connectivity index (χ2n) is 2.99. The first-order valence-corrected chi connectivity index (χ1v) is 5.73. The van der Waals surface area contributed by atoms with Crippen LogP contribution in [0, 0.1) is 0 Å². The molecule has 5 heteroatoms. The van der Waals surface area contributed by atoms with E-state index in [0.29, 0.717) is 0 Å². The second kappa shape index (κ2) is 3.67. The van der Waals surface area contributed by atoms with Gasteiger partial charge in [-0.1, -0.05) is 37.3 Å². The van der Waals surface area contributed by atoms with E-state index in [1.54, 1.807) is 18.2 Å². The summed E-state index contributed by atoms with van der Waals surface area (Å²) in [4.78, 5) is 0. The molecular weight excluding hydrogens is 205 g/mol. The third-order valence-corrected chi connectivity index (χ3v) is 3.54. The number of primary sulfonamides is 1. The molecule has 0 fully saturated rings. The van der Waals surface area contributed by atoms with E-state index >= 15 is 0 Å². The summed E-state index contributed by atoms with van der Waals surface area (Å²) in [6.45, 7) is 1.44. The first-order valence-electron chi connectivity index (χ1n) is 4.18. The highest BCUT2D eigenvalue weighted by Crippen LogP contribution is 2.33. The molecule has 1 rings (SSSR count). The average Bonchev–Trinajstić information content (AvgIpc) is 2.16. The summed E-state index contributed by atoms with van der Waals surface area (Å²) >= 11 is 0. The highest BCUT2D eigenvalue weighted by molar-refractivity contribution is 7.89. The van der Waals surface area contributed by atoms with Crippen molar-refractivity contribution in [1.29, 1.82) is 0 Å². The summed E-state index contributed by atoms with van der Waals surface area (Å²) < 4.78 is 36.2. The van der Waals surface area contributed by atoms with Crippen LogP contribution < -0.4 is 5.14 Å². The van der Waals surface area contributed by atoms with Gasteiger partial charge < -0.3 is 0 Å². The van der Waals surface area contributed by atoms with Gasteiger partial charge in [0.25, 0.3) is 0 Å². The van der Waals surface area contributed by atoms with Gasteiger partial charge in [-0.3, -0.25) is 0 Å². The number of hydrogen-bond acceptors (Lipinski definition) is 2. The maximum absolute atomic E-state index is 14.0. The number of sulfonamides is 1. The lowest BCUT2D eigenvalue weighted by atomic mass is 10.1. The van der Waals surface area contributed by atoms with Crippen LogP contribution in [0.5, 0.6) is 0 Å². The Morgan fingerprint density at radius 1 is 1.36 bits per heavy atom. The Morgan fingerprint density at radius 3 is 2.21 bits per heavy atom. The normalized spacial score (nSPS) is 16.2. The van der Waals surface area contributed by atoms with Crippen LogP contribution in [0.2, 0.25) is 0 Å². The molecule has 0 radical (unpaired) electrons. The van der Waals surface area contributed by atoms with Gasteiger partial charge in [-0.05, 0) is 6.42 Å². The molecule has 2 N–H and O–H groups in total. The summed E-state index contributed by atoms with van der Waals surface area (Å²) in [5.74, 6) is 0. The van der Waals surface area contributed by atoms with Crippen LogP contribution in [-0.4, -0.2) is 8.42 Å². The van der Waals surface area contributed by atoms with Gasteiger partial charge in [-0.2, -0.15) is 0 Å². The Morgan fingerprint density at radius 2 is 1.86 bits per heavy atom. The lowest BCUT2D eigenvalue weighted by molar-refractivity contribution is 0.263. The van der Waals surface area contributed by atoms with Crippen LogP contribution in [0.25, 0.3) is 0 Å². The van der Waals surface area contributed by atoms with Crippen LogP contribution in [0.1, 0.15) is 18.9 Å². The number of halogens is 1. The molecule has 1 aromatic carbocycles. The van der Waals surface area contributed by atoms with E-state index in [4.69, 9.17) is 5.14 Å². The smallest absolute Gasteiger partial charge is 0.226 e. The summed E-state index contributed by atoms with van der Waals surface area (Å²) in [5.41, 5.74) is 0.0741. The summed E-state index contributed by atoms with van der Waals surface area (Å²) in [6, 6.07) is 7.65. The van der Waals surface area contributed by atoms with Crippen molar-refractivity contribution >= 4 is 10.0 Å². The topological polar surface area (TPSA) is 60.2 Å². The minimum atomic E-state index is -4.23. The average molecular weight is 217 g/mol. The SMILES string of the molecule is CCC(F)(c1ccccc1)S(N)(=O)=O. The number of alkyl halides is 1. The Balaban J connectivity index is 3.30. The molecule has 0 saturated carbocycles. The largest absolute Gasteiger partial charge is 0.248 e. The van der Waals surface area contributed by atoms with Crippen molar-refractivity contribution in [1.82, 2.24) is 0 Å². The first-order chi connectivity index (χ1) is 6.42. The van der Waals surface area contributed by atoms with Gasteiger partial charge in [-0.25, -0.2) is 17.9 Å². The summed E-state index contributed by atoms with van der Waals surface area (Å²) in [6.07, 6.45) is -0.199. The van der Waals surface area contributed by atoms with Crippen LogP contribution >= 0.6 is 0 Å². The molecule has 0 amide bonds. The van der Waals surface area contributed by atoms with Crippen molar-refractivity contribution in [3.8, 4) is 0 Å². The van der Waals surface area contributed by atoms with Gasteiger partial charge in [0, 0.05) is 5.56 Å². The molecule has 1 unspecified atom stereocenters. The van der Waals surface area contributed by atoms with Crippen LogP contribution in [-0.2, 0) is 15.0 Å². The molecule has 0 spiro atoms. The molecule has 0 aromatic heterocycles. The van der Waals surface area contributed by atoms with E-state index in [-0.39, 0.29) is 12.0 Å². The van der Waals surface area contributed by atoms with Crippen molar-refractivity contribution in [3.05, 3.63) is 35.9 Å². The zero-order chi connectivity index (χ0) is 10.8. The van der Waals surface area contributed by atoms with E-state index in [1.807, 2.05) is 0 Å². The number of rotatable bonds is 3. The van der Waals surface area contributed by atoms with E-state index in [9.17, 15) is 12.8 Å². The fourth-order valence-corrected chi connectivity index (χ4v) is 2.12. The third kappa shape index (κ3) is 1.78. The van der Waals surface area contributed by atoms with Crippen LogP contribution in [0.15, 0.2) is 30.3 Å². The molecule has 0 bridgehead atoms. The van der Waals surface area contributed by atoms with Gasteiger partial charge in [0.1, 0.15) is 0 Å². The van der Waals surface area contributed by atoms with Crippen LogP contribution in [0.4, 0.5) is 4.39 Å². The zero-order valence-corrected chi connectivity index (χ0v) is 8.59. The number of benzene rings is 1. The molecule has 14 heavy (non-hydrogen) atoms. The molecule has 0 aliphatic carbocycles. The van der Waals surface area contributed by atoms with Gasteiger partial charge in [0.2, 0.25) is 15.0 Å². The molecule has 0 aliphatic rings. The molecule has 78 valence electrons. The minimum Gasteiger partial charge on any atom is -0.226 e. The predicted molar refractivity (Wildman–Crippen MR) is 52.6 cm³/mol. The van der Waals surface area contributed by atoms with Crippen molar-refractivity contribution in [2.45, 2.75) is 18.3 Å². The van der Waals surface area contributed by atoms with Crippen molar-refractivity contribution in [3.63, 3.8) is 0 Å². The van der Waals surface area contributed by atoms with E-state index in [2.05, 4.69) is 0 Å². The van der Waals surface area contributed by atoms with Crippen LogP contribution in [0.3, 0.4) is 0 Å². The Labute approximate surface area is 82.8 Å². The summed E-state index contributed by atoms with van der Waals surface area (Å²) in [5, 5.41) is 2.38. The molecule has 3 nitrogen and oxygen atoms in total. The third-order valence-electron chi connectivity index (χ3n) is 2.11. The maximum Gasteiger partial charge on any atom is 0.248 e. The van der Waals surface area contributed by atoms with Crippen molar-refractivity contribution < 1.29 is 12.8 Å². The lowest BCUT2D eigenvalue weighted by Gasteiger charge is -2.21. The van der Waals surface area contributed by atoms with Gasteiger partial charge in [0.15, 0.2) is 0 Å². The fourth-order valence-electron chi connectivity index (χ4n) is 1.26. The van der Waals surface area contributed by atoms with E-state index in [0.717, 1.165) is 0 Å². The zero-order valence-electron chi connectivity index (χ0n) is 7.77. The highest BCUT2D eigenvalue weighted by atomic mass is 32.2. The molecule has 0 saturated heterocycles. The molecule has 0 aliphatic heterocycles. The monoisotopic (exact) mass is 217 g/mol. The van der Waals surface area contributed by atoms with E-state index in [1.165, 1.54) is 19.1 Å². The molecule has 1 atom stereocenters. The lowest BCUT2D eigenvalue weighted by Crippen LogP contribution is -2.36. The van der Waals surface area contributed by atoms with Crippen molar-refractivity contribution in [2.24, 2.45) is 5.14 Å². The predicted octanol–water partition coefficient (Wildman–Crippen LogP) is 1.51. The summed E-state index contributed by atoms with van der Waals surface area (Å²) in [7, 11) is -4.23. The Hall–Kier alpha value is -0.940. The second-order valence-corrected chi connectivity index (χ2v) is 4.73. The first kappa shape index (κ1) is 11.1. The maximum atomic E-state index is 14.0. The number of nitrogens with two attached hydrogens (primary N) is 1. The standard InChI is InChI=1S/C9H12FNO2S/c1-2-9(10,14(11,12)13)8-6-4-3-5-7-8/h3-7H,2H2,1H3,(H2,11,12,13). The van der Waals surface area contributed by atoms with Gasteiger partial charge in [-0.15, -0.1) is 0 Å². The minimum absolute atomic E-state index is 0.0741. The van der Waals surface area contributed by atoms with Crippen molar-refractivity contribution in [2.75, 3.05) is 0 Å². The highest BCUT2D eigenvalue weighted by Gasteiger charge is 2.41. The fraction of sp³-hybridized carbons (Fsp3) is 0.333. The Bertz CT molecular complexity index is 404. The van der Waals surface area contributed by atoms with Gasteiger partial charge in [0.05, 0.1) is 0 Å².